The van der Waals surface area contributed by atoms with Crippen molar-refractivity contribution in [2.45, 2.75) is 39.3 Å². The van der Waals surface area contributed by atoms with Crippen molar-refractivity contribution in [3.05, 3.63) is 28.0 Å². The van der Waals surface area contributed by atoms with E-state index in [2.05, 4.69) is 26.0 Å². The van der Waals surface area contributed by atoms with Crippen molar-refractivity contribution in [1.29, 1.82) is 0 Å². The van der Waals surface area contributed by atoms with Gasteiger partial charge in [-0.1, -0.05) is 0 Å². The summed E-state index contributed by atoms with van der Waals surface area (Å²) in [6.07, 6.45) is 6.59. The summed E-state index contributed by atoms with van der Waals surface area (Å²) >= 11 is 1.75. The standard InChI is InChI=1S/C12H16N4S/c1-8-6-16(7-11-5-13-9(2)17-11)12(14-8)15-10-3-4-10/h5-6,10H,3-4,7H2,1-2H3,(H,14,15). The molecule has 0 atom stereocenters. The molecular weight excluding hydrogens is 232 g/mol. The van der Waals surface area contributed by atoms with Gasteiger partial charge in [0.25, 0.3) is 0 Å². The minimum atomic E-state index is 0.638. The van der Waals surface area contributed by atoms with Crippen molar-refractivity contribution in [3.63, 3.8) is 0 Å². The molecule has 0 aliphatic heterocycles. The lowest BCUT2D eigenvalue weighted by Crippen LogP contribution is -2.09. The zero-order valence-electron chi connectivity index (χ0n) is 10.1. The van der Waals surface area contributed by atoms with E-state index in [0.717, 1.165) is 23.2 Å². The summed E-state index contributed by atoms with van der Waals surface area (Å²) < 4.78 is 2.18. The van der Waals surface area contributed by atoms with Gasteiger partial charge in [-0.25, -0.2) is 9.97 Å². The number of nitrogens with zero attached hydrogens (tertiary/aromatic N) is 3. The van der Waals surface area contributed by atoms with Crippen LogP contribution in [0.1, 0.15) is 28.4 Å². The molecule has 17 heavy (non-hydrogen) atoms. The third kappa shape index (κ3) is 2.49. The van der Waals surface area contributed by atoms with E-state index in [1.165, 1.54) is 17.7 Å². The van der Waals surface area contributed by atoms with Crippen LogP contribution in [-0.2, 0) is 6.54 Å². The van der Waals surface area contributed by atoms with Gasteiger partial charge < -0.3 is 9.88 Å². The van der Waals surface area contributed by atoms with Gasteiger partial charge in [0.05, 0.1) is 17.2 Å². The molecule has 5 heteroatoms. The summed E-state index contributed by atoms with van der Waals surface area (Å²) in [6, 6.07) is 0.638. The van der Waals surface area contributed by atoms with Crippen LogP contribution in [0.3, 0.4) is 0 Å². The Hall–Kier alpha value is -1.36. The molecular formula is C12H16N4S. The van der Waals surface area contributed by atoms with Crippen LogP contribution in [0.2, 0.25) is 0 Å². The highest BCUT2D eigenvalue weighted by atomic mass is 32.1. The third-order valence-corrected chi connectivity index (χ3v) is 3.70. The van der Waals surface area contributed by atoms with E-state index in [4.69, 9.17) is 0 Å². The summed E-state index contributed by atoms with van der Waals surface area (Å²) in [5.41, 5.74) is 1.06. The number of nitrogens with one attached hydrogen (secondary N) is 1. The molecule has 0 amide bonds. The van der Waals surface area contributed by atoms with Crippen molar-refractivity contribution in [2.24, 2.45) is 0 Å². The second-order valence-electron chi connectivity index (χ2n) is 4.60. The molecule has 0 saturated heterocycles. The molecule has 0 unspecified atom stereocenters. The Bertz CT molecular complexity index is 524. The number of imidazole rings is 1. The van der Waals surface area contributed by atoms with E-state index in [1.807, 2.05) is 20.0 Å². The molecule has 0 radical (unpaired) electrons. The maximum atomic E-state index is 4.53. The summed E-state index contributed by atoms with van der Waals surface area (Å²) in [7, 11) is 0. The fourth-order valence-electron chi connectivity index (χ4n) is 1.84. The van der Waals surface area contributed by atoms with E-state index >= 15 is 0 Å². The van der Waals surface area contributed by atoms with Crippen molar-refractivity contribution < 1.29 is 0 Å². The SMILES string of the molecule is Cc1cn(Cc2cnc(C)s2)c(NC2CC2)n1. The van der Waals surface area contributed by atoms with Gasteiger partial charge >= 0.3 is 0 Å². The Kier molecular flexibility index (Phi) is 2.63. The number of hydrogen-bond acceptors (Lipinski definition) is 4. The summed E-state index contributed by atoms with van der Waals surface area (Å²) in [6.45, 7) is 4.94. The van der Waals surface area contributed by atoms with Crippen LogP contribution in [0.25, 0.3) is 0 Å². The van der Waals surface area contributed by atoms with Crippen LogP contribution < -0.4 is 5.32 Å². The smallest absolute Gasteiger partial charge is 0.203 e. The summed E-state index contributed by atoms with van der Waals surface area (Å²) in [5.74, 6) is 0.996. The first-order chi connectivity index (χ1) is 8.20. The maximum absolute atomic E-state index is 4.53. The first-order valence-electron chi connectivity index (χ1n) is 5.92. The molecule has 0 aromatic carbocycles. The van der Waals surface area contributed by atoms with Crippen LogP contribution in [0.4, 0.5) is 5.95 Å². The van der Waals surface area contributed by atoms with Gasteiger partial charge in [0.1, 0.15) is 0 Å². The average Bonchev–Trinajstić information content (AvgIpc) is 2.89. The number of rotatable bonds is 4. The molecule has 3 rings (SSSR count). The quantitative estimate of drug-likeness (QED) is 0.904. The largest absolute Gasteiger partial charge is 0.353 e. The molecule has 4 nitrogen and oxygen atoms in total. The fraction of sp³-hybridized carbons (Fsp3) is 0.500. The van der Waals surface area contributed by atoms with E-state index < -0.39 is 0 Å². The molecule has 0 bridgehead atoms. The summed E-state index contributed by atoms with van der Waals surface area (Å²) in [5, 5.41) is 4.59. The zero-order valence-corrected chi connectivity index (χ0v) is 10.9. The van der Waals surface area contributed by atoms with Gasteiger partial charge in [-0.05, 0) is 26.7 Å². The number of thiazole rings is 1. The molecule has 2 heterocycles. The van der Waals surface area contributed by atoms with Gasteiger partial charge in [-0.3, -0.25) is 0 Å². The Morgan fingerprint density at radius 1 is 1.47 bits per heavy atom. The van der Waals surface area contributed by atoms with E-state index in [-0.39, 0.29) is 0 Å². The molecule has 1 aliphatic carbocycles. The Labute approximate surface area is 105 Å². The van der Waals surface area contributed by atoms with Crippen LogP contribution >= 0.6 is 11.3 Å². The second-order valence-corrected chi connectivity index (χ2v) is 5.92. The predicted octanol–water partition coefficient (Wildman–Crippen LogP) is 2.58. The lowest BCUT2D eigenvalue weighted by molar-refractivity contribution is 0.806. The first-order valence-corrected chi connectivity index (χ1v) is 6.74. The molecule has 90 valence electrons. The number of aryl methyl sites for hydroxylation is 2. The number of aromatic nitrogens is 3. The normalized spacial score (nSPS) is 15.2. The summed E-state index contributed by atoms with van der Waals surface area (Å²) in [4.78, 5) is 10.1. The van der Waals surface area contributed by atoms with Crippen molar-refractivity contribution in [2.75, 3.05) is 5.32 Å². The molecule has 1 N–H and O–H groups in total. The van der Waals surface area contributed by atoms with Crippen LogP contribution in [0, 0.1) is 13.8 Å². The van der Waals surface area contributed by atoms with Crippen LogP contribution in [0.15, 0.2) is 12.4 Å². The minimum Gasteiger partial charge on any atom is -0.353 e. The highest BCUT2D eigenvalue weighted by molar-refractivity contribution is 7.11. The molecule has 1 saturated carbocycles. The predicted molar refractivity (Wildman–Crippen MR) is 69.6 cm³/mol. The molecule has 0 spiro atoms. The first kappa shape index (κ1) is 10.8. The minimum absolute atomic E-state index is 0.638. The zero-order chi connectivity index (χ0) is 11.8. The van der Waals surface area contributed by atoms with E-state index in [9.17, 15) is 0 Å². The van der Waals surface area contributed by atoms with Gasteiger partial charge in [0.15, 0.2) is 0 Å². The van der Waals surface area contributed by atoms with Gasteiger partial charge in [0, 0.05) is 23.3 Å². The third-order valence-electron chi connectivity index (χ3n) is 2.80. The number of anilines is 1. The lowest BCUT2D eigenvalue weighted by Gasteiger charge is -2.07. The average molecular weight is 248 g/mol. The van der Waals surface area contributed by atoms with E-state index in [0.29, 0.717) is 6.04 Å². The van der Waals surface area contributed by atoms with Crippen molar-refractivity contribution in [3.8, 4) is 0 Å². The molecule has 1 fully saturated rings. The topological polar surface area (TPSA) is 42.7 Å². The maximum Gasteiger partial charge on any atom is 0.203 e. The molecule has 2 aromatic heterocycles. The van der Waals surface area contributed by atoms with Crippen molar-refractivity contribution in [1.82, 2.24) is 14.5 Å². The Balaban J connectivity index is 1.80. The molecule has 1 aliphatic rings. The van der Waals surface area contributed by atoms with Gasteiger partial charge in [0.2, 0.25) is 5.95 Å². The Morgan fingerprint density at radius 3 is 2.94 bits per heavy atom. The lowest BCUT2D eigenvalue weighted by atomic mass is 10.5. The van der Waals surface area contributed by atoms with Crippen LogP contribution in [0.5, 0.6) is 0 Å². The second kappa shape index (κ2) is 4.14. The van der Waals surface area contributed by atoms with Crippen LogP contribution in [-0.4, -0.2) is 20.6 Å². The van der Waals surface area contributed by atoms with Gasteiger partial charge in [-0.15, -0.1) is 11.3 Å². The fourth-order valence-corrected chi connectivity index (χ4v) is 2.63. The highest BCUT2D eigenvalue weighted by Gasteiger charge is 2.23. The highest BCUT2D eigenvalue weighted by Crippen LogP contribution is 2.25. The van der Waals surface area contributed by atoms with E-state index in [1.54, 1.807) is 11.3 Å². The van der Waals surface area contributed by atoms with Crippen molar-refractivity contribution >= 4 is 17.3 Å². The Morgan fingerprint density at radius 2 is 2.29 bits per heavy atom. The number of hydrogen-bond donors (Lipinski definition) is 1. The van der Waals surface area contributed by atoms with Gasteiger partial charge in [-0.2, -0.15) is 0 Å². The molecule has 2 aromatic rings. The monoisotopic (exact) mass is 248 g/mol.